The maximum atomic E-state index is 11.8. The zero-order valence-electron chi connectivity index (χ0n) is 6.16. The molecular formula is C6F6N2. The zero-order valence-corrected chi connectivity index (χ0v) is 6.16. The molecule has 0 saturated carbocycles. The first kappa shape index (κ1) is 12.3. The first-order chi connectivity index (χ1) is 6.14. The van der Waals surface area contributed by atoms with E-state index in [0.717, 1.165) is 0 Å². The monoisotopic (exact) mass is 214 g/mol. The molecule has 0 N–H and O–H groups in total. The van der Waals surface area contributed by atoms with Crippen LogP contribution in [0.1, 0.15) is 0 Å². The van der Waals surface area contributed by atoms with Crippen LogP contribution in [0.25, 0.3) is 0 Å². The first-order valence-corrected chi connectivity index (χ1v) is 2.83. The Kier molecular flexibility index (Phi) is 3.15. The number of nitriles is 2. The molecule has 0 bridgehead atoms. The van der Waals surface area contributed by atoms with Gasteiger partial charge in [0.25, 0.3) is 0 Å². The van der Waals surface area contributed by atoms with Gasteiger partial charge in [0.05, 0.1) is 0 Å². The van der Waals surface area contributed by atoms with E-state index in [-0.39, 0.29) is 0 Å². The lowest BCUT2D eigenvalue weighted by Crippen LogP contribution is -2.20. The number of hydrogen-bond donors (Lipinski definition) is 0. The van der Waals surface area contributed by atoms with Gasteiger partial charge < -0.3 is 0 Å². The first-order valence-electron chi connectivity index (χ1n) is 2.83. The van der Waals surface area contributed by atoms with Crippen LogP contribution in [0.5, 0.6) is 0 Å². The third kappa shape index (κ3) is 2.66. The van der Waals surface area contributed by atoms with E-state index >= 15 is 0 Å². The molecule has 0 spiro atoms. The van der Waals surface area contributed by atoms with Gasteiger partial charge in [-0.1, -0.05) is 0 Å². The molecule has 2 nitrogen and oxygen atoms in total. The third-order valence-electron chi connectivity index (χ3n) is 1.04. The molecule has 0 amide bonds. The minimum atomic E-state index is -5.48. The molecule has 0 aliphatic carbocycles. The highest BCUT2D eigenvalue weighted by Gasteiger charge is 2.46. The molecule has 0 aliphatic rings. The van der Waals surface area contributed by atoms with Gasteiger partial charge in [-0.3, -0.25) is 0 Å². The van der Waals surface area contributed by atoms with Gasteiger partial charge in [0.1, 0.15) is 12.1 Å². The molecule has 8 heteroatoms. The summed E-state index contributed by atoms with van der Waals surface area (Å²) in [4.78, 5) is 0. The number of rotatable bonds is 0. The fourth-order valence-electron chi connectivity index (χ4n) is 0.522. The minimum Gasteiger partial charge on any atom is -0.192 e. The predicted octanol–water partition coefficient (Wildman–Crippen LogP) is 2.45. The Bertz CT molecular complexity index is 299. The topological polar surface area (TPSA) is 47.6 Å². The molecular weight excluding hydrogens is 214 g/mol. The average molecular weight is 214 g/mol. The summed E-state index contributed by atoms with van der Waals surface area (Å²) in [6.45, 7) is 0. The zero-order chi connectivity index (χ0) is 11.6. The van der Waals surface area contributed by atoms with Crippen LogP contribution < -0.4 is 0 Å². The quantitative estimate of drug-likeness (QED) is 0.459. The Hall–Kier alpha value is -1.70. The Morgan fingerprint density at radius 3 is 1.00 bits per heavy atom. The SMILES string of the molecule is N#C/C(=C(/C#N)C(F)(F)F)C(F)(F)F. The molecule has 0 fully saturated rings. The highest BCUT2D eigenvalue weighted by molar-refractivity contribution is 5.42. The van der Waals surface area contributed by atoms with Crippen LogP contribution in [0.3, 0.4) is 0 Å². The van der Waals surface area contributed by atoms with Crippen molar-refractivity contribution in [3.8, 4) is 12.1 Å². The highest BCUT2D eigenvalue weighted by Crippen LogP contribution is 2.35. The molecule has 0 rings (SSSR count). The fraction of sp³-hybridized carbons (Fsp3) is 0.333. The van der Waals surface area contributed by atoms with Crippen molar-refractivity contribution in [2.45, 2.75) is 12.4 Å². The van der Waals surface area contributed by atoms with Gasteiger partial charge in [0.15, 0.2) is 11.1 Å². The van der Waals surface area contributed by atoms with E-state index < -0.39 is 23.5 Å². The van der Waals surface area contributed by atoms with Gasteiger partial charge in [-0.15, -0.1) is 0 Å². The molecule has 0 aromatic carbocycles. The molecule has 0 atom stereocenters. The van der Waals surface area contributed by atoms with Gasteiger partial charge in [0, 0.05) is 0 Å². The second-order valence-electron chi connectivity index (χ2n) is 1.97. The Morgan fingerprint density at radius 2 is 0.929 bits per heavy atom. The van der Waals surface area contributed by atoms with Crippen LogP contribution in [-0.2, 0) is 0 Å². The second kappa shape index (κ2) is 3.58. The Labute approximate surface area is 73.7 Å². The lowest BCUT2D eigenvalue weighted by Gasteiger charge is -2.09. The van der Waals surface area contributed by atoms with Crippen LogP contribution in [0.15, 0.2) is 11.1 Å². The molecule has 0 aromatic rings. The molecule has 0 unspecified atom stereocenters. The lowest BCUT2D eigenvalue weighted by molar-refractivity contribution is -0.109. The molecule has 0 aliphatic heterocycles. The van der Waals surface area contributed by atoms with Crippen molar-refractivity contribution in [2.24, 2.45) is 0 Å². The van der Waals surface area contributed by atoms with E-state index in [0.29, 0.717) is 12.1 Å². The largest absolute Gasteiger partial charge is 0.427 e. The number of halogens is 6. The minimum absolute atomic E-state index is 0.312. The van der Waals surface area contributed by atoms with Gasteiger partial charge in [0.2, 0.25) is 0 Å². The van der Waals surface area contributed by atoms with Crippen LogP contribution in [-0.4, -0.2) is 12.4 Å². The van der Waals surface area contributed by atoms with Crippen molar-refractivity contribution in [1.29, 1.82) is 10.5 Å². The number of alkyl halides is 6. The smallest absolute Gasteiger partial charge is 0.192 e. The van der Waals surface area contributed by atoms with Gasteiger partial charge >= 0.3 is 12.4 Å². The summed E-state index contributed by atoms with van der Waals surface area (Å²) in [6, 6.07) is 0.623. The van der Waals surface area contributed by atoms with E-state index in [4.69, 9.17) is 10.5 Å². The van der Waals surface area contributed by atoms with E-state index in [1.807, 2.05) is 0 Å². The lowest BCUT2D eigenvalue weighted by atomic mass is 10.1. The van der Waals surface area contributed by atoms with Crippen LogP contribution >= 0.6 is 0 Å². The van der Waals surface area contributed by atoms with Crippen molar-refractivity contribution in [1.82, 2.24) is 0 Å². The summed E-state index contributed by atoms with van der Waals surface area (Å²) in [7, 11) is 0. The van der Waals surface area contributed by atoms with Crippen molar-refractivity contribution >= 4 is 0 Å². The van der Waals surface area contributed by atoms with Crippen molar-refractivity contribution in [3.63, 3.8) is 0 Å². The number of hydrogen-bond acceptors (Lipinski definition) is 2. The van der Waals surface area contributed by atoms with Gasteiger partial charge in [-0.05, 0) is 0 Å². The Balaban J connectivity index is 5.68. The molecule has 0 radical (unpaired) electrons. The third-order valence-corrected chi connectivity index (χ3v) is 1.04. The van der Waals surface area contributed by atoms with Crippen LogP contribution in [0.2, 0.25) is 0 Å². The van der Waals surface area contributed by atoms with Gasteiger partial charge in [-0.25, -0.2) is 0 Å². The predicted molar refractivity (Wildman–Crippen MR) is 30.4 cm³/mol. The van der Waals surface area contributed by atoms with Crippen LogP contribution in [0, 0.1) is 22.7 Å². The molecule has 0 heterocycles. The van der Waals surface area contributed by atoms with Crippen molar-refractivity contribution < 1.29 is 26.3 Å². The fourth-order valence-corrected chi connectivity index (χ4v) is 0.522. The molecule has 14 heavy (non-hydrogen) atoms. The summed E-state index contributed by atoms with van der Waals surface area (Å²) >= 11 is 0. The second-order valence-corrected chi connectivity index (χ2v) is 1.97. The van der Waals surface area contributed by atoms with E-state index in [1.165, 1.54) is 0 Å². The molecule has 0 aromatic heterocycles. The summed E-state index contributed by atoms with van der Waals surface area (Å²) in [6.07, 6.45) is -11.0. The summed E-state index contributed by atoms with van der Waals surface area (Å²) in [5.41, 5.74) is -5.07. The van der Waals surface area contributed by atoms with Gasteiger partial charge in [-0.2, -0.15) is 36.9 Å². The van der Waals surface area contributed by atoms with Crippen molar-refractivity contribution in [2.75, 3.05) is 0 Å². The van der Waals surface area contributed by atoms with Crippen molar-refractivity contribution in [3.05, 3.63) is 11.1 Å². The van der Waals surface area contributed by atoms with E-state index in [9.17, 15) is 26.3 Å². The molecule has 76 valence electrons. The summed E-state index contributed by atoms with van der Waals surface area (Å²) in [5, 5.41) is 15.7. The van der Waals surface area contributed by atoms with E-state index in [2.05, 4.69) is 0 Å². The average Bonchev–Trinajstić information content (AvgIpc) is 1.94. The number of allylic oxidation sites excluding steroid dienone is 2. The Morgan fingerprint density at radius 1 is 0.714 bits per heavy atom. The van der Waals surface area contributed by atoms with E-state index in [1.54, 1.807) is 0 Å². The molecule has 0 saturated heterocycles. The summed E-state index contributed by atoms with van der Waals surface area (Å²) in [5.74, 6) is 0. The normalized spacial score (nSPS) is 14.0. The summed E-state index contributed by atoms with van der Waals surface area (Å²) < 4.78 is 70.5. The van der Waals surface area contributed by atoms with Crippen LogP contribution in [0.4, 0.5) is 26.3 Å². The maximum Gasteiger partial charge on any atom is 0.427 e. The standard InChI is InChI=1S/C6F6N2/c7-5(8,9)3(1-13)4(2-14)6(10,11)12/b4-3+. The maximum absolute atomic E-state index is 11.8. The number of nitrogens with zero attached hydrogens (tertiary/aromatic N) is 2. The highest BCUT2D eigenvalue weighted by atomic mass is 19.4.